The molecule has 0 amide bonds. The molecule has 12 nitrogen and oxygen atoms in total. The summed E-state index contributed by atoms with van der Waals surface area (Å²) in [7, 11) is 0. The number of anilines is 2. The summed E-state index contributed by atoms with van der Waals surface area (Å²) in [4.78, 5) is 0. The zero-order valence-electron chi connectivity index (χ0n) is 9.23. The Morgan fingerprint density at radius 1 is 0.941 bits per heavy atom. The summed E-state index contributed by atoms with van der Waals surface area (Å²) in [6.07, 6.45) is 0. The van der Waals surface area contributed by atoms with Crippen LogP contribution in [-0.4, -0.2) is 40.4 Å². The van der Waals surface area contributed by atoms with E-state index in [4.69, 9.17) is 11.7 Å². The van der Waals surface area contributed by atoms with Crippen LogP contribution in [0.5, 0.6) is 0 Å². The molecule has 92 valence electrons. The molecule has 12 heteroatoms. The van der Waals surface area contributed by atoms with E-state index < -0.39 is 5.66 Å². The summed E-state index contributed by atoms with van der Waals surface area (Å²) in [5.41, 5.74) is 3.95. The second-order valence-corrected chi connectivity index (χ2v) is 3.61. The van der Waals surface area contributed by atoms with Gasteiger partial charge in [0.2, 0.25) is 0 Å². The Morgan fingerprint density at radius 3 is 1.71 bits per heavy atom. The molecule has 0 aliphatic heterocycles. The Bertz CT molecular complexity index is 450. The summed E-state index contributed by atoms with van der Waals surface area (Å²) in [6, 6.07) is 0. The summed E-state index contributed by atoms with van der Waals surface area (Å²) < 4.78 is 2.84. The molecule has 0 spiro atoms. The van der Waals surface area contributed by atoms with Gasteiger partial charge in [-0.05, 0) is 34.7 Å². The normalized spacial score (nSPS) is 11.5. The van der Waals surface area contributed by atoms with Gasteiger partial charge in [0.25, 0.3) is 11.9 Å². The van der Waals surface area contributed by atoms with Crippen molar-refractivity contribution in [1.29, 1.82) is 0 Å². The van der Waals surface area contributed by atoms with Gasteiger partial charge in [0, 0.05) is 0 Å². The lowest BCUT2D eigenvalue weighted by Gasteiger charge is -2.25. The highest BCUT2D eigenvalue weighted by atomic mass is 15.7. The molecule has 0 bridgehead atoms. The third-order valence-corrected chi connectivity index (χ3v) is 2.23. The topological polar surface area (TPSA) is 163 Å². The second-order valence-electron chi connectivity index (χ2n) is 3.61. The minimum Gasteiger partial charge on any atom is -0.291 e. The summed E-state index contributed by atoms with van der Waals surface area (Å²) in [5, 5.41) is 22.1. The van der Waals surface area contributed by atoms with Crippen molar-refractivity contribution >= 4 is 11.9 Å². The first-order valence-corrected chi connectivity index (χ1v) is 4.62. The number of nitrogens with two attached hydrogens (primary N) is 2. The van der Waals surface area contributed by atoms with E-state index in [-0.39, 0.29) is 11.9 Å². The molecule has 0 unspecified atom stereocenters. The molecule has 0 aromatic carbocycles. The molecule has 2 aromatic rings. The van der Waals surface area contributed by atoms with Gasteiger partial charge in [-0.3, -0.25) is 10.9 Å². The van der Waals surface area contributed by atoms with Crippen molar-refractivity contribution in [3.8, 4) is 0 Å². The van der Waals surface area contributed by atoms with Crippen LogP contribution < -0.4 is 22.5 Å². The molecule has 2 rings (SSSR count). The summed E-state index contributed by atoms with van der Waals surface area (Å²) in [6.45, 7) is 3.59. The smallest absolute Gasteiger partial charge is 0.259 e. The first kappa shape index (κ1) is 11.2. The quantitative estimate of drug-likeness (QED) is 0.331. The monoisotopic (exact) mass is 240 g/mol. The molecule has 0 saturated heterocycles. The fourth-order valence-electron chi connectivity index (χ4n) is 1.38. The molecular weight excluding hydrogens is 228 g/mol. The van der Waals surface area contributed by atoms with E-state index in [1.54, 1.807) is 13.8 Å². The van der Waals surface area contributed by atoms with Gasteiger partial charge in [0.05, 0.1) is 0 Å². The zero-order chi connectivity index (χ0) is 12.5. The molecule has 0 aliphatic rings. The van der Waals surface area contributed by atoms with Crippen molar-refractivity contribution in [2.75, 3.05) is 10.9 Å². The van der Waals surface area contributed by atoms with Crippen LogP contribution in [0, 0.1) is 0 Å². The Labute approximate surface area is 95.3 Å². The van der Waals surface area contributed by atoms with Crippen molar-refractivity contribution in [3.05, 3.63) is 0 Å². The number of hydrogen-bond acceptors (Lipinski definition) is 10. The van der Waals surface area contributed by atoms with Crippen molar-refractivity contribution in [2.24, 2.45) is 11.7 Å². The molecular formula is C5H12N12. The molecule has 0 saturated carbocycles. The van der Waals surface area contributed by atoms with Crippen LogP contribution >= 0.6 is 0 Å². The second kappa shape index (κ2) is 3.91. The molecule has 6 N–H and O–H groups in total. The zero-order valence-corrected chi connectivity index (χ0v) is 9.23. The van der Waals surface area contributed by atoms with Gasteiger partial charge >= 0.3 is 0 Å². The van der Waals surface area contributed by atoms with E-state index in [1.165, 1.54) is 9.36 Å². The maximum absolute atomic E-state index is 5.30. The Kier molecular flexibility index (Phi) is 2.57. The third-order valence-electron chi connectivity index (χ3n) is 2.23. The molecule has 17 heavy (non-hydrogen) atoms. The highest BCUT2D eigenvalue weighted by Crippen LogP contribution is 2.21. The lowest BCUT2D eigenvalue weighted by atomic mass is 10.2. The van der Waals surface area contributed by atoms with Gasteiger partial charge in [-0.2, -0.15) is 9.36 Å². The first-order chi connectivity index (χ1) is 8.11. The standard InChI is InChI=1S/C5H12N12/c1-5(2,16-3(8-6)10-12-14-16)17-4(9-7)11-13-15-17/h6-7H2,1-2H3,(H,8,10,14)(H,9,11,15). The number of nitrogens with one attached hydrogen (secondary N) is 2. The van der Waals surface area contributed by atoms with Crippen LogP contribution in [0.25, 0.3) is 0 Å². The van der Waals surface area contributed by atoms with Crippen LogP contribution in [0.1, 0.15) is 13.8 Å². The lowest BCUT2D eigenvalue weighted by Crippen LogP contribution is -2.39. The average Bonchev–Trinajstić information content (AvgIpc) is 2.97. The maximum Gasteiger partial charge on any atom is 0.259 e. The number of aromatic nitrogens is 8. The van der Waals surface area contributed by atoms with Crippen LogP contribution in [-0.2, 0) is 5.66 Å². The Hall–Kier alpha value is -2.34. The number of nitrogen functional groups attached to an aromatic ring is 2. The molecule has 0 radical (unpaired) electrons. The number of nitrogens with zero attached hydrogens (tertiary/aromatic N) is 8. The molecule has 0 aliphatic carbocycles. The van der Waals surface area contributed by atoms with E-state index >= 15 is 0 Å². The maximum atomic E-state index is 5.30. The van der Waals surface area contributed by atoms with Gasteiger partial charge in [-0.25, -0.2) is 11.7 Å². The van der Waals surface area contributed by atoms with Gasteiger partial charge in [-0.1, -0.05) is 10.2 Å². The minimum atomic E-state index is -0.795. The molecule has 0 fully saturated rings. The van der Waals surface area contributed by atoms with Crippen molar-refractivity contribution < 1.29 is 0 Å². The Balaban J connectivity index is 2.49. The van der Waals surface area contributed by atoms with Crippen molar-refractivity contribution in [1.82, 2.24) is 40.4 Å². The van der Waals surface area contributed by atoms with Gasteiger partial charge < -0.3 is 0 Å². The van der Waals surface area contributed by atoms with Crippen LogP contribution in [0.4, 0.5) is 11.9 Å². The van der Waals surface area contributed by atoms with Crippen molar-refractivity contribution in [3.63, 3.8) is 0 Å². The van der Waals surface area contributed by atoms with Crippen molar-refractivity contribution in [2.45, 2.75) is 19.5 Å². The number of rotatable bonds is 4. The summed E-state index contributed by atoms with van der Waals surface area (Å²) >= 11 is 0. The van der Waals surface area contributed by atoms with Crippen LogP contribution in [0.2, 0.25) is 0 Å². The molecule has 0 atom stereocenters. The summed E-state index contributed by atoms with van der Waals surface area (Å²) in [5.74, 6) is 11.1. The minimum absolute atomic E-state index is 0.272. The van der Waals surface area contributed by atoms with E-state index in [9.17, 15) is 0 Å². The van der Waals surface area contributed by atoms with Crippen LogP contribution in [0.15, 0.2) is 0 Å². The first-order valence-electron chi connectivity index (χ1n) is 4.62. The highest BCUT2D eigenvalue weighted by Gasteiger charge is 2.31. The third kappa shape index (κ3) is 1.64. The van der Waals surface area contributed by atoms with Gasteiger partial charge in [0.1, 0.15) is 0 Å². The molecule has 2 heterocycles. The predicted molar refractivity (Wildman–Crippen MR) is 56.0 cm³/mol. The van der Waals surface area contributed by atoms with E-state index in [0.29, 0.717) is 0 Å². The largest absolute Gasteiger partial charge is 0.291 e. The number of tetrazole rings is 2. The number of hydrogen-bond donors (Lipinski definition) is 4. The fourth-order valence-corrected chi connectivity index (χ4v) is 1.38. The van der Waals surface area contributed by atoms with E-state index in [1.807, 2.05) is 0 Å². The SMILES string of the molecule is CC(C)(n1nnnc1NN)n1nnnc1NN. The Morgan fingerprint density at radius 2 is 1.35 bits per heavy atom. The highest BCUT2D eigenvalue weighted by molar-refractivity contribution is 5.24. The van der Waals surface area contributed by atoms with Gasteiger partial charge in [0.15, 0.2) is 5.66 Å². The average molecular weight is 240 g/mol. The van der Waals surface area contributed by atoms with E-state index in [2.05, 4.69) is 41.9 Å². The van der Waals surface area contributed by atoms with Crippen LogP contribution in [0.3, 0.4) is 0 Å². The predicted octanol–water partition coefficient (Wildman–Crippen LogP) is -2.53. The van der Waals surface area contributed by atoms with Gasteiger partial charge in [-0.15, -0.1) is 0 Å². The molecule has 2 aromatic heterocycles. The number of hydrazine groups is 2. The lowest BCUT2D eigenvalue weighted by molar-refractivity contribution is 0.233. The van der Waals surface area contributed by atoms with E-state index in [0.717, 1.165) is 0 Å². The fraction of sp³-hybridized carbons (Fsp3) is 0.600.